The van der Waals surface area contributed by atoms with E-state index in [9.17, 15) is 9.59 Å². The van der Waals surface area contributed by atoms with Gasteiger partial charge in [0.2, 0.25) is 0 Å². The molecular weight excluding hydrogens is 372 g/mol. The van der Waals surface area contributed by atoms with Crippen molar-refractivity contribution in [1.82, 2.24) is 9.55 Å². The van der Waals surface area contributed by atoms with Gasteiger partial charge in [-0.2, -0.15) is 0 Å². The summed E-state index contributed by atoms with van der Waals surface area (Å²) in [4.78, 5) is 30.5. The number of carbonyl (C=O) groups is 1. The summed E-state index contributed by atoms with van der Waals surface area (Å²) < 4.78 is 6.84. The van der Waals surface area contributed by atoms with Gasteiger partial charge < -0.3 is 4.74 Å². The van der Waals surface area contributed by atoms with Gasteiger partial charge >= 0.3 is 0 Å². The van der Waals surface area contributed by atoms with Crippen molar-refractivity contribution in [2.45, 2.75) is 37.7 Å². The molecule has 0 radical (unpaired) electrons. The summed E-state index contributed by atoms with van der Waals surface area (Å²) in [5.41, 5.74) is 1.20. The Bertz CT molecular complexity index is 1040. The number of hydrogen-bond acceptors (Lipinski definition) is 5. The van der Waals surface area contributed by atoms with E-state index in [2.05, 4.69) is 18.8 Å². The third-order valence-corrected chi connectivity index (χ3v) is 5.49. The van der Waals surface area contributed by atoms with Crippen LogP contribution in [0.1, 0.15) is 31.1 Å². The number of nitrogens with zero attached hydrogens (tertiary/aromatic N) is 2. The summed E-state index contributed by atoms with van der Waals surface area (Å²) >= 11 is 1.33. The lowest BCUT2D eigenvalue weighted by molar-refractivity contribution is 0.0994. The summed E-state index contributed by atoms with van der Waals surface area (Å²) in [6.07, 6.45) is 0. The van der Waals surface area contributed by atoms with Crippen LogP contribution in [0.3, 0.4) is 0 Å². The largest absolute Gasteiger partial charge is 0.497 e. The first-order valence-corrected chi connectivity index (χ1v) is 10.1. The minimum atomic E-state index is -0.375. The van der Waals surface area contributed by atoms with Crippen LogP contribution in [0.25, 0.3) is 10.9 Å². The number of benzene rings is 2. The standard InChI is InChI=1S/C22H24N2O3S/c1-14(2)13-24-21(26)18-7-5-6-8-19(18)23-22(24)28-15(3)20(25)16-9-11-17(27-4)12-10-16/h5-12,14-15H,13H2,1-4H3/t15-/m1/s1. The second kappa shape index (κ2) is 8.61. The van der Waals surface area contributed by atoms with Gasteiger partial charge in [-0.1, -0.05) is 37.7 Å². The van der Waals surface area contributed by atoms with Gasteiger partial charge in [-0.05, 0) is 49.2 Å². The number of aromatic nitrogens is 2. The van der Waals surface area contributed by atoms with Crippen LogP contribution in [0.15, 0.2) is 58.5 Å². The predicted octanol–water partition coefficient (Wildman–Crippen LogP) is 4.42. The van der Waals surface area contributed by atoms with Crippen molar-refractivity contribution in [1.29, 1.82) is 0 Å². The van der Waals surface area contributed by atoms with Crippen LogP contribution < -0.4 is 10.3 Å². The van der Waals surface area contributed by atoms with Crippen LogP contribution in [-0.4, -0.2) is 27.7 Å². The van der Waals surface area contributed by atoms with E-state index < -0.39 is 0 Å². The minimum Gasteiger partial charge on any atom is -0.497 e. The number of ether oxygens (including phenoxy) is 1. The van der Waals surface area contributed by atoms with Gasteiger partial charge in [-0.25, -0.2) is 4.98 Å². The van der Waals surface area contributed by atoms with E-state index in [1.54, 1.807) is 42.0 Å². The molecule has 0 N–H and O–H groups in total. The zero-order valence-corrected chi connectivity index (χ0v) is 17.3. The molecule has 3 rings (SSSR count). The number of carbonyl (C=O) groups excluding carboxylic acids is 1. The van der Waals surface area contributed by atoms with Gasteiger partial charge in [0.15, 0.2) is 10.9 Å². The number of fused-ring (bicyclic) bond motifs is 1. The number of ketones is 1. The van der Waals surface area contributed by atoms with E-state index in [0.29, 0.717) is 33.9 Å². The van der Waals surface area contributed by atoms with Gasteiger partial charge in [0.1, 0.15) is 5.75 Å². The van der Waals surface area contributed by atoms with Crippen LogP contribution in [0.5, 0.6) is 5.75 Å². The van der Waals surface area contributed by atoms with E-state index in [1.165, 1.54) is 11.8 Å². The van der Waals surface area contributed by atoms with Crippen LogP contribution in [0, 0.1) is 5.92 Å². The first kappa shape index (κ1) is 20.1. The Hall–Kier alpha value is -2.60. The molecule has 0 saturated heterocycles. The fraction of sp³-hybridized carbons (Fsp3) is 0.318. The Morgan fingerprint density at radius 2 is 1.79 bits per heavy atom. The SMILES string of the molecule is COc1ccc(C(=O)[C@@H](C)Sc2nc3ccccc3c(=O)n2CC(C)C)cc1. The molecule has 0 aliphatic carbocycles. The maximum absolute atomic E-state index is 13.0. The lowest BCUT2D eigenvalue weighted by Gasteiger charge is -2.17. The molecule has 0 unspecified atom stereocenters. The molecule has 1 atom stereocenters. The number of methoxy groups -OCH3 is 1. The molecule has 0 aliphatic rings. The lowest BCUT2D eigenvalue weighted by atomic mass is 10.1. The Labute approximate surface area is 168 Å². The highest BCUT2D eigenvalue weighted by Crippen LogP contribution is 2.26. The molecule has 0 spiro atoms. The third-order valence-electron chi connectivity index (χ3n) is 4.40. The van der Waals surface area contributed by atoms with Crippen molar-refractivity contribution in [2.75, 3.05) is 7.11 Å². The Morgan fingerprint density at radius 1 is 1.11 bits per heavy atom. The molecule has 0 aliphatic heterocycles. The molecule has 6 heteroatoms. The van der Waals surface area contributed by atoms with Gasteiger partial charge in [0.05, 0.1) is 23.3 Å². The molecule has 28 heavy (non-hydrogen) atoms. The molecule has 0 amide bonds. The van der Waals surface area contributed by atoms with Crippen LogP contribution in [0.2, 0.25) is 0 Å². The number of Topliss-reactive ketones (excluding diaryl/α,β-unsaturated/α-hetero) is 1. The zero-order chi connectivity index (χ0) is 20.3. The first-order chi connectivity index (χ1) is 13.4. The maximum atomic E-state index is 13.0. The fourth-order valence-corrected chi connectivity index (χ4v) is 3.96. The van der Waals surface area contributed by atoms with Crippen LogP contribution in [-0.2, 0) is 6.54 Å². The number of thioether (sulfide) groups is 1. The smallest absolute Gasteiger partial charge is 0.262 e. The third kappa shape index (κ3) is 4.28. The molecule has 0 bridgehead atoms. The summed E-state index contributed by atoms with van der Waals surface area (Å²) in [5.74, 6) is 0.984. The zero-order valence-electron chi connectivity index (χ0n) is 16.5. The molecule has 0 saturated carbocycles. The molecule has 1 aromatic heterocycles. The normalized spacial score (nSPS) is 12.3. The predicted molar refractivity (Wildman–Crippen MR) is 113 cm³/mol. The molecule has 0 fully saturated rings. The molecule has 3 aromatic rings. The van der Waals surface area contributed by atoms with E-state index in [4.69, 9.17) is 4.74 Å². The summed E-state index contributed by atoms with van der Waals surface area (Å²) in [5, 5.41) is 0.799. The van der Waals surface area contributed by atoms with Crippen molar-refractivity contribution in [3.63, 3.8) is 0 Å². The summed E-state index contributed by atoms with van der Waals surface area (Å²) in [6.45, 7) is 6.52. The van der Waals surface area contributed by atoms with Crippen molar-refractivity contribution >= 4 is 28.4 Å². The molecule has 146 valence electrons. The Kier molecular flexibility index (Phi) is 6.19. The van der Waals surface area contributed by atoms with Crippen molar-refractivity contribution in [2.24, 2.45) is 5.92 Å². The van der Waals surface area contributed by atoms with E-state index in [1.807, 2.05) is 25.1 Å². The number of hydrogen-bond donors (Lipinski definition) is 0. The van der Waals surface area contributed by atoms with Crippen molar-refractivity contribution < 1.29 is 9.53 Å². The molecule has 2 aromatic carbocycles. The van der Waals surface area contributed by atoms with E-state index >= 15 is 0 Å². The topological polar surface area (TPSA) is 61.2 Å². The maximum Gasteiger partial charge on any atom is 0.262 e. The van der Waals surface area contributed by atoms with Gasteiger partial charge in [0, 0.05) is 12.1 Å². The van der Waals surface area contributed by atoms with Crippen molar-refractivity contribution in [3.05, 3.63) is 64.4 Å². The number of para-hydroxylation sites is 1. The second-order valence-corrected chi connectivity index (χ2v) is 8.38. The highest BCUT2D eigenvalue weighted by molar-refractivity contribution is 8.00. The van der Waals surface area contributed by atoms with E-state index in [0.717, 1.165) is 0 Å². The molecule has 1 heterocycles. The highest BCUT2D eigenvalue weighted by atomic mass is 32.2. The molecular formula is C22H24N2O3S. The molecule has 5 nitrogen and oxygen atoms in total. The quantitative estimate of drug-likeness (QED) is 0.336. The first-order valence-electron chi connectivity index (χ1n) is 9.25. The monoisotopic (exact) mass is 396 g/mol. The van der Waals surface area contributed by atoms with Gasteiger partial charge in [0.25, 0.3) is 5.56 Å². The van der Waals surface area contributed by atoms with Gasteiger partial charge in [-0.3, -0.25) is 14.2 Å². The Balaban J connectivity index is 1.95. The highest BCUT2D eigenvalue weighted by Gasteiger charge is 2.21. The minimum absolute atomic E-state index is 0.00819. The number of rotatable bonds is 7. The average Bonchev–Trinajstić information content (AvgIpc) is 2.70. The van der Waals surface area contributed by atoms with E-state index in [-0.39, 0.29) is 22.5 Å². The second-order valence-electron chi connectivity index (χ2n) is 7.07. The van der Waals surface area contributed by atoms with Crippen LogP contribution >= 0.6 is 11.8 Å². The summed E-state index contributed by atoms with van der Waals surface area (Å²) in [7, 11) is 1.59. The van der Waals surface area contributed by atoms with Gasteiger partial charge in [-0.15, -0.1) is 0 Å². The average molecular weight is 397 g/mol. The lowest BCUT2D eigenvalue weighted by Crippen LogP contribution is -2.26. The Morgan fingerprint density at radius 3 is 2.43 bits per heavy atom. The van der Waals surface area contributed by atoms with Crippen molar-refractivity contribution in [3.8, 4) is 5.75 Å². The van der Waals surface area contributed by atoms with Crippen LogP contribution in [0.4, 0.5) is 0 Å². The fourth-order valence-electron chi connectivity index (χ4n) is 2.97. The summed E-state index contributed by atoms with van der Waals surface area (Å²) in [6, 6.07) is 14.4.